The predicted octanol–water partition coefficient (Wildman–Crippen LogP) is 3.55. The van der Waals surface area contributed by atoms with Crippen LogP contribution in [-0.4, -0.2) is 24.5 Å². The summed E-state index contributed by atoms with van der Waals surface area (Å²) in [5, 5.41) is 5.62. The number of benzene rings is 2. The highest BCUT2D eigenvalue weighted by Crippen LogP contribution is 2.23. The fourth-order valence-corrected chi connectivity index (χ4v) is 2.73. The van der Waals surface area contributed by atoms with E-state index in [1.54, 1.807) is 29.2 Å². The maximum atomic E-state index is 13.1. The lowest BCUT2D eigenvalue weighted by Gasteiger charge is -2.17. The molecule has 0 aromatic heterocycles. The van der Waals surface area contributed by atoms with Crippen LogP contribution in [-0.2, 0) is 4.79 Å². The van der Waals surface area contributed by atoms with Gasteiger partial charge in [0.15, 0.2) is 11.6 Å². The Morgan fingerprint density at radius 2 is 1.84 bits per heavy atom. The third-order valence-electron chi connectivity index (χ3n) is 3.78. The summed E-state index contributed by atoms with van der Waals surface area (Å²) in [5.41, 5.74) is 0.815. The van der Waals surface area contributed by atoms with Crippen molar-refractivity contribution in [3.8, 4) is 0 Å². The van der Waals surface area contributed by atoms with E-state index >= 15 is 0 Å². The summed E-state index contributed by atoms with van der Waals surface area (Å²) in [7, 11) is 0. The molecule has 5 nitrogen and oxygen atoms in total. The van der Waals surface area contributed by atoms with Crippen LogP contribution in [0.25, 0.3) is 0 Å². The van der Waals surface area contributed by atoms with Gasteiger partial charge >= 0.3 is 6.03 Å². The number of amides is 3. The molecule has 2 N–H and O–H groups in total. The lowest BCUT2D eigenvalue weighted by Crippen LogP contribution is -2.39. The first kappa shape index (κ1) is 17.2. The maximum absolute atomic E-state index is 13.1. The van der Waals surface area contributed by atoms with Crippen molar-refractivity contribution < 1.29 is 18.4 Å². The number of anilines is 2. The third kappa shape index (κ3) is 4.06. The molecule has 0 saturated carbocycles. The maximum Gasteiger partial charge on any atom is 0.319 e. The molecule has 0 radical (unpaired) electrons. The van der Waals surface area contributed by atoms with E-state index in [0.29, 0.717) is 17.3 Å². The van der Waals surface area contributed by atoms with Gasteiger partial charge in [-0.1, -0.05) is 11.6 Å². The number of carbonyl (C=O) groups excluding carboxylic acids is 2. The van der Waals surface area contributed by atoms with Gasteiger partial charge in [-0.15, -0.1) is 0 Å². The van der Waals surface area contributed by atoms with E-state index in [1.165, 1.54) is 6.07 Å². The molecule has 0 spiro atoms. The Morgan fingerprint density at radius 3 is 2.52 bits per heavy atom. The smallest absolute Gasteiger partial charge is 0.319 e. The minimum atomic E-state index is -1.05. The fourth-order valence-electron chi connectivity index (χ4n) is 2.60. The van der Waals surface area contributed by atoms with Crippen LogP contribution in [0.5, 0.6) is 0 Å². The van der Waals surface area contributed by atoms with Gasteiger partial charge in [-0.05, 0) is 36.4 Å². The molecule has 1 aliphatic rings. The number of hydrogen-bond acceptors (Lipinski definition) is 2. The monoisotopic (exact) mass is 365 g/mol. The zero-order valence-corrected chi connectivity index (χ0v) is 13.7. The molecule has 0 bridgehead atoms. The normalized spacial score (nSPS) is 16.8. The Bertz CT molecular complexity index is 814. The molecule has 3 rings (SSSR count). The van der Waals surface area contributed by atoms with Crippen molar-refractivity contribution in [2.45, 2.75) is 12.5 Å². The Kier molecular flexibility index (Phi) is 4.85. The van der Waals surface area contributed by atoms with E-state index in [-0.39, 0.29) is 18.0 Å². The first-order valence-corrected chi connectivity index (χ1v) is 7.88. The Hall–Kier alpha value is -2.67. The van der Waals surface area contributed by atoms with Crippen LogP contribution in [0.3, 0.4) is 0 Å². The molecule has 8 heteroatoms. The van der Waals surface area contributed by atoms with Gasteiger partial charge in [-0.25, -0.2) is 13.6 Å². The van der Waals surface area contributed by atoms with E-state index in [2.05, 4.69) is 10.6 Å². The molecule has 0 aliphatic carbocycles. The number of urea groups is 1. The zero-order valence-electron chi connectivity index (χ0n) is 12.9. The van der Waals surface area contributed by atoms with Crippen molar-refractivity contribution in [3.63, 3.8) is 0 Å². The SMILES string of the molecule is O=C(Nc1ccc(F)c(F)c1)NC1CC(=O)N(c2ccc(Cl)cc2)C1. The van der Waals surface area contributed by atoms with Gasteiger partial charge in [-0.2, -0.15) is 0 Å². The van der Waals surface area contributed by atoms with Crippen LogP contribution in [0, 0.1) is 11.6 Å². The van der Waals surface area contributed by atoms with Gasteiger partial charge in [0, 0.05) is 35.4 Å². The van der Waals surface area contributed by atoms with E-state index in [1.807, 2.05) is 0 Å². The van der Waals surface area contributed by atoms with Gasteiger partial charge in [0.05, 0.1) is 6.04 Å². The molecule has 1 aliphatic heterocycles. The Balaban J connectivity index is 1.60. The molecule has 1 unspecified atom stereocenters. The van der Waals surface area contributed by atoms with Gasteiger partial charge < -0.3 is 15.5 Å². The number of carbonyl (C=O) groups is 2. The standard InChI is InChI=1S/C17H14ClF2N3O2/c18-10-1-4-13(5-2-10)23-9-12(8-16(23)24)22-17(25)21-11-3-6-14(19)15(20)7-11/h1-7,12H,8-9H2,(H2,21,22,25). The Morgan fingerprint density at radius 1 is 1.12 bits per heavy atom. The highest BCUT2D eigenvalue weighted by Gasteiger charge is 2.31. The number of hydrogen-bond donors (Lipinski definition) is 2. The van der Waals surface area contributed by atoms with Crippen LogP contribution in [0.15, 0.2) is 42.5 Å². The minimum Gasteiger partial charge on any atom is -0.333 e. The molecule has 2 aromatic carbocycles. The van der Waals surface area contributed by atoms with Gasteiger partial charge in [-0.3, -0.25) is 4.79 Å². The van der Waals surface area contributed by atoms with Crippen molar-refractivity contribution in [2.24, 2.45) is 0 Å². The van der Waals surface area contributed by atoms with Crippen LogP contribution in [0.4, 0.5) is 25.0 Å². The van der Waals surface area contributed by atoms with E-state index in [4.69, 9.17) is 11.6 Å². The lowest BCUT2D eigenvalue weighted by atomic mass is 10.2. The third-order valence-corrected chi connectivity index (χ3v) is 4.03. The summed E-state index contributed by atoms with van der Waals surface area (Å²) in [5.74, 6) is -2.17. The highest BCUT2D eigenvalue weighted by atomic mass is 35.5. The van der Waals surface area contributed by atoms with Gasteiger partial charge in [0.2, 0.25) is 5.91 Å². The van der Waals surface area contributed by atoms with Crippen LogP contribution in [0.2, 0.25) is 5.02 Å². The molecule has 1 saturated heterocycles. The predicted molar refractivity (Wildman–Crippen MR) is 90.7 cm³/mol. The summed E-state index contributed by atoms with van der Waals surface area (Å²) in [6.45, 7) is 0.311. The Labute approximate surface area is 147 Å². The van der Waals surface area contributed by atoms with Gasteiger partial charge in [0.1, 0.15) is 0 Å². The van der Waals surface area contributed by atoms with Crippen LogP contribution in [0.1, 0.15) is 6.42 Å². The zero-order chi connectivity index (χ0) is 18.0. The lowest BCUT2D eigenvalue weighted by molar-refractivity contribution is -0.117. The van der Waals surface area contributed by atoms with E-state index in [9.17, 15) is 18.4 Å². The summed E-state index contributed by atoms with van der Waals surface area (Å²) in [6.07, 6.45) is 0.147. The number of nitrogens with one attached hydrogen (secondary N) is 2. The molecular formula is C17H14ClF2N3O2. The van der Waals surface area contributed by atoms with Crippen molar-refractivity contribution in [1.82, 2.24) is 5.32 Å². The quantitative estimate of drug-likeness (QED) is 0.873. The second kappa shape index (κ2) is 7.06. The number of nitrogens with zero attached hydrogens (tertiary/aromatic N) is 1. The summed E-state index contributed by atoms with van der Waals surface area (Å²) >= 11 is 5.83. The van der Waals surface area contributed by atoms with Crippen LogP contribution < -0.4 is 15.5 Å². The second-order valence-corrected chi connectivity index (χ2v) is 6.05. The topological polar surface area (TPSA) is 61.4 Å². The molecule has 3 amide bonds. The molecule has 2 aromatic rings. The minimum absolute atomic E-state index is 0.121. The summed E-state index contributed by atoms with van der Waals surface area (Å²) < 4.78 is 26.0. The van der Waals surface area contributed by atoms with E-state index in [0.717, 1.165) is 12.1 Å². The molecule has 1 fully saturated rings. The summed E-state index contributed by atoms with van der Waals surface area (Å²) in [4.78, 5) is 25.6. The first-order valence-electron chi connectivity index (χ1n) is 7.51. The van der Waals surface area contributed by atoms with Crippen molar-refractivity contribution in [3.05, 3.63) is 59.1 Å². The van der Waals surface area contributed by atoms with Crippen LogP contribution >= 0.6 is 11.6 Å². The molecule has 130 valence electrons. The van der Waals surface area contributed by atoms with Crippen molar-refractivity contribution >= 4 is 34.9 Å². The molecular weight excluding hydrogens is 352 g/mol. The van der Waals surface area contributed by atoms with Crippen molar-refractivity contribution in [2.75, 3.05) is 16.8 Å². The van der Waals surface area contributed by atoms with Gasteiger partial charge in [0.25, 0.3) is 0 Å². The van der Waals surface area contributed by atoms with Crippen molar-refractivity contribution in [1.29, 1.82) is 0 Å². The molecule has 25 heavy (non-hydrogen) atoms. The average Bonchev–Trinajstić information content (AvgIpc) is 2.92. The second-order valence-electron chi connectivity index (χ2n) is 5.61. The molecule has 1 heterocycles. The number of halogens is 3. The first-order chi connectivity index (χ1) is 11.9. The fraction of sp³-hybridized carbons (Fsp3) is 0.176. The molecule has 1 atom stereocenters. The number of rotatable bonds is 3. The summed E-state index contributed by atoms with van der Waals surface area (Å²) in [6, 6.07) is 8.88. The highest BCUT2D eigenvalue weighted by molar-refractivity contribution is 6.30. The largest absolute Gasteiger partial charge is 0.333 e. The average molecular weight is 366 g/mol. The van der Waals surface area contributed by atoms with E-state index < -0.39 is 23.7 Å².